The van der Waals surface area contributed by atoms with Crippen molar-refractivity contribution in [3.8, 4) is 0 Å². The predicted octanol–water partition coefficient (Wildman–Crippen LogP) is 12.9. The minimum atomic E-state index is 1.27. The van der Waals surface area contributed by atoms with Gasteiger partial charge in [-0.2, -0.15) is 0 Å². The van der Waals surface area contributed by atoms with E-state index in [1.807, 2.05) is 70.6 Å². The van der Waals surface area contributed by atoms with Crippen molar-refractivity contribution in [3.63, 3.8) is 0 Å². The lowest BCUT2D eigenvalue weighted by atomic mass is 10.3. The van der Waals surface area contributed by atoms with Crippen molar-refractivity contribution < 1.29 is 0 Å². The third-order valence-corrected chi connectivity index (χ3v) is 14.1. The maximum absolute atomic E-state index is 2.25. The molecular formula is C36H24S6. The van der Waals surface area contributed by atoms with Gasteiger partial charge in [-0.3, -0.25) is 0 Å². The molecule has 1 aliphatic rings. The van der Waals surface area contributed by atoms with Crippen molar-refractivity contribution in [3.05, 3.63) is 146 Å². The van der Waals surface area contributed by atoms with E-state index in [9.17, 15) is 0 Å². The van der Waals surface area contributed by atoms with E-state index < -0.39 is 0 Å². The fourth-order valence-electron chi connectivity index (χ4n) is 4.42. The molecule has 0 spiro atoms. The second-order valence-electron chi connectivity index (χ2n) is 9.29. The first-order chi connectivity index (χ1) is 20.8. The van der Waals surface area contributed by atoms with Crippen molar-refractivity contribution >= 4 is 70.6 Å². The van der Waals surface area contributed by atoms with E-state index in [0.717, 1.165) is 0 Å². The molecule has 0 fully saturated rings. The lowest BCUT2D eigenvalue weighted by molar-refractivity contribution is 1.16. The number of hydrogen-bond acceptors (Lipinski definition) is 6. The van der Waals surface area contributed by atoms with Crippen LogP contribution in [-0.4, -0.2) is 0 Å². The summed E-state index contributed by atoms with van der Waals surface area (Å²) in [6.45, 7) is 0. The Balaban J connectivity index is 1.38. The second-order valence-corrected chi connectivity index (χ2v) is 15.8. The largest absolute Gasteiger partial charge is 0.0877 e. The van der Waals surface area contributed by atoms with Crippen LogP contribution in [0.3, 0.4) is 0 Å². The van der Waals surface area contributed by atoms with Crippen molar-refractivity contribution in [2.75, 3.05) is 0 Å². The Morgan fingerprint density at radius 3 is 0.357 bits per heavy atom. The molecule has 0 atom stereocenters. The first-order valence-electron chi connectivity index (χ1n) is 13.4. The summed E-state index contributed by atoms with van der Waals surface area (Å²) in [4.78, 5) is 15.2. The Labute approximate surface area is 272 Å². The lowest BCUT2D eigenvalue weighted by Gasteiger charge is -2.17. The summed E-state index contributed by atoms with van der Waals surface area (Å²) in [6.07, 6.45) is 0. The van der Waals surface area contributed by atoms with Crippen LogP contribution in [0.1, 0.15) is 0 Å². The van der Waals surface area contributed by atoms with Crippen LogP contribution in [0.5, 0.6) is 0 Å². The van der Waals surface area contributed by atoms with Crippen LogP contribution >= 0.6 is 70.6 Å². The zero-order chi connectivity index (χ0) is 28.1. The molecule has 7 rings (SSSR count). The standard InChI is InChI=1S/C36H24S6/c1-2-14-26-25(13-1)37-27-15-3-4-16-28(27)39-31-19-7-8-20-32(31)41-35-23-11-12-24-36(35)42-34-22-10-9-21-33(34)40-30-18-6-5-17-29(30)38-26/h1-24H. The SMILES string of the molecule is c1ccc2c(c1)Sc1ccccc1Sc1ccccc1Sc1ccccc1Sc1ccccc1Sc1ccccc1S2. The van der Waals surface area contributed by atoms with E-state index in [4.69, 9.17) is 0 Å². The van der Waals surface area contributed by atoms with Crippen molar-refractivity contribution in [2.45, 2.75) is 58.7 Å². The monoisotopic (exact) mass is 648 g/mol. The van der Waals surface area contributed by atoms with Crippen LogP contribution in [0, 0.1) is 0 Å². The van der Waals surface area contributed by atoms with Gasteiger partial charge in [-0.15, -0.1) is 0 Å². The van der Waals surface area contributed by atoms with Gasteiger partial charge in [-0.05, 0) is 72.8 Å². The molecule has 0 nitrogen and oxygen atoms in total. The molecule has 0 saturated carbocycles. The molecule has 0 radical (unpaired) electrons. The molecule has 1 heterocycles. The van der Waals surface area contributed by atoms with Gasteiger partial charge in [0.2, 0.25) is 0 Å². The minimum absolute atomic E-state index is 1.27. The highest BCUT2D eigenvalue weighted by atomic mass is 32.2. The van der Waals surface area contributed by atoms with Crippen LogP contribution in [0.2, 0.25) is 0 Å². The molecule has 1 aliphatic heterocycles. The smallest absolute Gasteiger partial charge is 0.0262 e. The summed E-state index contributed by atoms with van der Waals surface area (Å²) in [5, 5.41) is 0. The molecule has 0 N–H and O–H groups in total. The molecule has 0 bridgehead atoms. The van der Waals surface area contributed by atoms with Gasteiger partial charge in [0.25, 0.3) is 0 Å². The van der Waals surface area contributed by atoms with Crippen LogP contribution in [0.25, 0.3) is 0 Å². The van der Waals surface area contributed by atoms with E-state index in [1.54, 1.807) is 0 Å². The third-order valence-electron chi connectivity index (χ3n) is 6.41. The Morgan fingerprint density at radius 1 is 0.167 bits per heavy atom. The average molecular weight is 649 g/mol. The summed E-state index contributed by atoms with van der Waals surface area (Å²) in [5.41, 5.74) is 0. The number of hydrogen-bond donors (Lipinski definition) is 0. The van der Waals surface area contributed by atoms with Crippen molar-refractivity contribution in [2.24, 2.45) is 0 Å². The van der Waals surface area contributed by atoms with Gasteiger partial charge >= 0.3 is 0 Å². The lowest BCUT2D eigenvalue weighted by Crippen LogP contribution is -1.87. The molecule has 204 valence electrons. The van der Waals surface area contributed by atoms with E-state index in [0.29, 0.717) is 0 Å². The minimum Gasteiger partial charge on any atom is -0.0877 e. The molecule has 0 aromatic heterocycles. The zero-order valence-corrected chi connectivity index (χ0v) is 27.2. The zero-order valence-electron chi connectivity index (χ0n) is 22.3. The Kier molecular flexibility index (Phi) is 8.98. The Morgan fingerprint density at radius 2 is 0.262 bits per heavy atom. The maximum atomic E-state index is 2.25. The Hall–Kier alpha value is -2.58. The normalized spacial score (nSPS) is 13.1. The van der Waals surface area contributed by atoms with Crippen LogP contribution in [0.4, 0.5) is 0 Å². The summed E-state index contributed by atoms with van der Waals surface area (Å²) in [7, 11) is 0. The predicted molar refractivity (Wildman–Crippen MR) is 183 cm³/mol. The fraction of sp³-hybridized carbons (Fsp3) is 0. The maximum Gasteiger partial charge on any atom is 0.0262 e. The number of benzene rings is 6. The van der Waals surface area contributed by atoms with Crippen molar-refractivity contribution in [1.29, 1.82) is 0 Å². The summed E-state index contributed by atoms with van der Waals surface area (Å²) in [6, 6.07) is 52.7. The topological polar surface area (TPSA) is 0 Å². The van der Waals surface area contributed by atoms with Crippen LogP contribution < -0.4 is 0 Å². The van der Waals surface area contributed by atoms with Gasteiger partial charge in [-0.1, -0.05) is 143 Å². The molecule has 0 unspecified atom stereocenters. The number of rotatable bonds is 0. The highest BCUT2D eigenvalue weighted by Gasteiger charge is 2.17. The second kappa shape index (κ2) is 13.4. The fourth-order valence-corrected chi connectivity index (χ4v) is 11.1. The summed E-state index contributed by atoms with van der Waals surface area (Å²) < 4.78 is 0. The molecule has 42 heavy (non-hydrogen) atoms. The number of fused-ring (bicyclic) bond motifs is 6. The van der Waals surface area contributed by atoms with Gasteiger partial charge in [0.1, 0.15) is 0 Å². The van der Waals surface area contributed by atoms with Gasteiger partial charge in [0.15, 0.2) is 0 Å². The average Bonchev–Trinajstić information content (AvgIpc) is 3.02. The van der Waals surface area contributed by atoms with Gasteiger partial charge in [0, 0.05) is 58.7 Å². The van der Waals surface area contributed by atoms with E-state index in [-0.39, 0.29) is 0 Å². The van der Waals surface area contributed by atoms with Crippen LogP contribution in [-0.2, 0) is 0 Å². The molecule has 0 aliphatic carbocycles. The van der Waals surface area contributed by atoms with Crippen molar-refractivity contribution in [1.82, 2.24) is 0 Å². The van der Waals surface area contributed by atoms with E-state index in [1.165, 1.54) is 58.7 Å². The van der Waals surface area contributed by atoms with E-state index in [2.05, 4.69) is 146 Å². The molecular weight excluding hydrogens is 625 g/mol. The molecule has 6 aromatic rings. The first-order valence-corrected chi connectivity index (χ1v) is 18.3. The van der Waals surface area contributed by atoms with Crippen LogP contribution in [0.15, 0.2) is 204 Å². The summed E-state index contributed by atoms with van der Waals surface area (Å²) in [5.74, 6) is 0. The van der Waals surface area contributed by atoms with Gasteiger partial charge < -0.3 is 0 Å². The molecule has 0 saturated heterocycles. The molecule has 6 aromatic carbocycles. The molecule has 6 heteroatoms. The van der Waals surface area contributed by atoms with E-state index >= 15 is 0 Å². The summed E-state index contributed by atoms with van der Waals surface area (Å²) >= 11 is 11.1. The van der Waals surface area contributed by atoms with Gasteiger partial charge in [0.05, 0.1) is 0 Å². The third kappa shape index (κ3) is 6.49. The van der Waals surface area contributed by atoms with Gasteiger partial charge in [-0.25, -0.2) is 0 Å². The first kappa shape index (κ1) is 28.2. The highest BCUT2D eigenvalue weighted by molar-refractivity contribution is 8.06. The molecule has 0 amide bonds. The highest BCUT2D eigenvalue weighted by Crippen LogP contribution is 2.49. The Bertz CT molecular complexity index is 1390. The quantitative estimate of drug-likeness (QED) is 0.159.